The minimum atomic E-state index is -0.0255. The lowest BCUT2D eigenvalue weighted by Gasteiger charge is -2.33. The molecule has 1 aliphatic heterocycles. The second kappa shape index (κ2) is 3.34. The summed E-state index contributed by atoms with van der Waals surface area (Å²) < 4.78 is 0. The van der Waals surface area contributed by atoms with Crippen molar-refractivity contribution in [1.29, 1.82) is 0 Å². The lowest BCUT2D eigenvalue weighted by molar-refractivity contribution is -0.110. The number of thiocarbonyl (C=S) groups is 1. The molecule has 12 heavy (non-hydrogen) atoms. The van der Waals surface area contributed by atoms with E-state index < -0.39 is 0 Å². The van der Waals surface area contributed by atoms with Crippen molar-refractivity contribution in [2.45, 2.75) is 31.7 Å². The van der Waals surface area contributed by atoms with Crippen LogP contribution in [0.25, 0.3) is 0 Å². The molecule has 0 radical (unpaired) electrons. The van der Waals surface area contributed by atoms with Gasteiger partial charge in [-0.05, 0) is 20.8 Å². The number of rotatable bonds is 1. The fraction of sp³-hybridized carbons (Fsp3) is 0.750. The number of carbonyl (C=O) groups is 1. The fourth-order valence-electron chi connectivity index (χ4n) is 1.55. The highest BCUT2D eigenvalue weighted by Gasteiger charge is 2.39. The summed E-state index contributed by atoms with van der Waals surface area (Å²) >= 11 is 6.88. The molecule has 0 aromatic heterocycles. The smallest absolute Gasteiger partial charge is 0.143 e. The van der Waals surface area contributed by atoms with Crippen molar-refractivity contribution in [3.8, 4) is 0 Å². The highest BCUT2D eigenvalue weighted by Crippen LogP contribution is 2.38. The highest BCUT2D eigenvalue weighted by molar-refractivity contribution is 8.01. The molecule has 0 aliphatic carbocycles. The Morgan fingerprint density at radius 1 is 1.75 bits per heavy atom. The molecule has 2 nitrogen and oxygen atoms in total. The van der Waals surface area contributed by atoms with Crippen molar-refractivity contribution in [2.24, 2.45) is 0 Å². The average Bonchev–Trinajstić information content (AvgIpc) is 2.24. The molecule has 68 valence electrons. The van der Waals surface area contributed by atoms with Gasteiger partial charge in [0.05, 0.1) is 15.9 Å². The Morgan fingerprint density at radius 2 is 2.33 bits per heavy atom. The molecular weight excluding hydrogens is 190 g/mol. The molecule has 1 heterocycles. The fourth-order valence-corrected chi connectivity index (χ4v) is 3.18. The zero-order chi connectivity index (χ0) is 9.35. The number of hydrogen-bond donors (Lipinski definition) is 0. The second-order valence-electron chi connectivity index (χ2n) is 3.35. The Balaban J connectivity index is 2.87. The van der Waals surface area contributed by atoms with Crippen LogP contribution in [0.2, 0.25) is 0 Å². The Hall–Kier alpha value is -0.0900. The minimum absolute atomic E-state index is 0.0165. The van der Waals surface area contributed by atoms with E-state index in [1.807, 2.05) is 11.8 Å². The molecule has 0 saturated carbocycles. The van der Waals surface area contributed by atoms with Crippen LogP contribution in [0.4, 0.5) is 0 Å². The van der Waals surface area contributed by atoms with E-state index in [4.69, 9.17) is 12.2 Å². The predicted molar refractivity (Wildman–Crippen MR) is 56.5 cm³/mol. The van der Waals surface area contributed by atoms with Crippen LogP contribution >= 0.6 is 24.0 Å². The van der Waals surface area contributed by atoms with Gasteiger partial charge in [0.2, 0.25) is 0 Å². The van der Waals surface area contributed by atoms with Gasteiger partial charge in [-0.3, -0.25) is 0 Å². The van der Waals surface area contributed by atoms with Gasteiger partial charge in [-0.15, -0.1) is 11.8 Å². The van der Waals surface area contributed by atoms with Crippen molar-refractivity contribution in [2.75, 3.05) is 5.75 Å². The van der Waals surface area contributed by atoms with Crippen molar-refractivity contribution in [1.82, 2.24) is 4.90 Å². The first kappa shape index (κ1) is 9.99. The quantitative estimate of drug-likeness (QED) is 0.477. The topological polar surface area (TPSA) is 20.3 Å². The molecule has 0 unspecified atom stereocenters. The first-order chi connectivity index (χ1) is 5.49. The van der Waals surface area contributed by atoms with E-state index in [0.717, 1.165) is 17.0 Å². The molecule has 1 fully saturated rings. The van der Waals surface area contributed by atoms with Crippen molar-refractivity contribution in [3.63, 3.8) is 0 Å². The summed E-state index contributed by atoms with van der Waals surface area (Å²) in [6.07, 6.45) is 0.984. The second-order valence-corrected chi connectivity index (χ2v) is 5.56. The SMILES string of the molecule is CC(=S)N1[C@@H](C=O)CSC1(C)C. The maximum atomic E-state index is 10.7. The Bertz CT molecular complexity index is 215. The van der Waals surface area contributed by atoms with Gasteiger partial charge in [-0.1, -0.05) is 12.2 Å². The molecule has 0 amide bonds. The third-order valence-corrected chi connectivity index (χ3v) is 3.62. The summed E-state index contributed by atoms with van der Waals surface area (Å²) in [6, 6.07) is -0.0255. The van der Waals surface area contributed by atoms with Gasteiger partial charge in [0.15, 0.2) is 0 Å². The van der Waals surface area contributed by atoms with Gasteiger partial charge in [-0.2, -0.15) is 0 Å². The lowest BCUT2D eigenvalue weighted by atomic mass is 10.2. The average molecular weight is 203 g/mol. The third-order valence-electron chi connectivity index (χ3n) is 2.02. The summed E-state index contributed by atoms with van der Waals surface area (Å²) in [7, 11) is 0. The predicted octanol–water partition coefficient (Wildman–Crippen LogP) is 1.69. The van der Waals surface area contributed by atoms with Gasteiger partial charge in [0.25, 0.3) is 0 Å². The molecule has 0 aromatic carbocycles. The number of carbonyl (C=O) groups excluding carboxylic acids is 1. The van der Waals surface area contributed by atoms with Crippen LogP contribution in [0, 0.1) is 0 Å². The van der Waals surface area contributed by atoms with Gasteiger partial charge < -0.3 is 9.69 Å². The zero-order valence-corrected chi connectivity index (χ0v) is 9.17. The van der Waals surface area contributed by atoms with Gasteiger partial charge in [-0.25, -0.2) is 0 Å². The van der Waals surface area contributed by atoms with E-state index in [2.05, 4.69) is 13.8 Å². The number of thioether (sulfide) groups is 1. The van der Waals surface area contributed by atoms with E-state index in [1.54, 1.807) is 11.8 Å². The van der Waals surface area contributed by atoms with Crippen LogP contribution in [0.15, 0.2) is 0 Å². The molecule has 1 saturated heterocycles. The first-order valence-electron chi connectivity index (χ1n) is 3.88. The van der Waals surface area contributed by atoms with Crippen LogP contribution < -0.4 is 0 Å². The van der Waals surface area contributed by atoms with Gasteiger partial charge in [0.1, 0.15) is 6.29 Å². The molecule has 0 spiro atoms. The zero-order valence-electron chi connectivity index (χ0n) is 7.53. The lowest BCUT2D eigenvalue weighted by Crippen LogP contribution is -2.45. The monoisotopic (exact) mass is 203 g/mol. The molecule has 0 bridgehead atoms. The molecule has 4 heteroatoms. The Labute approximate surface area is 82.7 Å². The summed E-state index contributed by atoms with van der Waals surface area (Å²) in [5.74, 6) is 0.852. The standard InChI is InChI=1S/C8H13NOS2/c1-6(11)9-7(4-10)5-12-8(9,2)3/h4,7H,5H2,1-3H3/t7-/m0/s1. The molecule has 1 rings (SSSR count). The Morgan fingerprint density at radius 3 is 2.67 bits per heavy atom. The van der Waals surface area contributed by atoms with Gasteiger partial charge >= 0.3 is 0 Å². The summed E-state index contributed by atoms with van der Waals surface area (Å²) in [6.45, 7) is 6.06. The van der Waals surface area contributed by atoms with Crippen LogP contribution in [-0.4, -0.2) is 32.8 Å². The van der Waals surface area contributed by atoms with Crippen LogP contribution in [0.5, 0.6) is 0 Å². The van der Waals surface area contributed by atoms with Crippen molar-refractivity contribution in [3.05, 3.63) is 0 Å². The van der Waals surface area contributed by atoms with E-state index >= 15 is 0 Å². The van der Waals surface area contributed by atoms with Crippen LogP contribution in [0.1, 0.15) is 20.8 Å². The van der Waals surface area contributed by atoms with Crippen molar-refractivity contribution < 1.29 is 4.79 Å². The van der Waals surface area contributed by atoms with Crippen LogP contribution in [0.3, 0.4) is 0 Å². The van der Waals surface area contributed by atoms with E-state index in [9.17, 15) is 4.79 Å². The number of nitrogens with zero attached hydrogens (tertiary/aromatic N) is 1. The maximum absolute atomic E-state index is 10.7. The van der Waals surface area contributed by atoms with Crippen LogP contribution in [-0.2, 0) is 4.79 Å². The summed E-state index contributed by atoms with van der Waals surface area (Å²) in [5, 5.41) is 0. The first-order valence-corrected chi connectivity index (χ1v) is 5.27. The highest BCUT2D eigenvalue weighted by atomic mass is 32.2. The Kier molecular flexibility index (Phi) is 2.78. The molecule has 0 N–H and O–H groups in total. The van der Waals surface area contributed by atoms with Gasteiger partial charge in [0, 0.05) is 5.75 Å². The number of aldehydes is 1. The summed E-state index contributed by atoms with van der Waals surface area (Å²) in [5.41, 5.74) is 0. The van der Waals surface area contributed by atoms with E-state index in [-0.39, 0.29) is 10.9 Å². The van der Waals surface area contributed by atoms with E-state index in [1.165, 1.54) is 0 Å². The molecular formula is C8H13NOS2. The summed E-state index contributed by atoms with van der Waals surface area (Å²) in [4.78, 5) is 13.5. The molecule has 1 atom stereocenters. The molecule has 1 aliphatic rings. The third kappa shape index (κ3) is 1.64. The van der Waals surface area contributed by atoms with E-state index in [0.29, 0.717) is 0 Å². The van der Waals surface area contributed by atoms with Crippen molar-refractivity contribution >= 4 is 35.3 Å². The minimum Gasteiger partial charge on any atom is -0.342 e. The molecule has 0 aromatic rings. The normalized spacial score (nSPS) is 27.2. The maximum Gasteiger partial charge on any atom is 0.143 e. The number of hydrogen-bond acceptors (Lipinski definition) is 3. The largest absolute Gasteiger partial charge is 0.342 e.